The second kappa shape index (κ2) is 13.8. The van der Waals surface area contributed by atoms with Crippen molar-refractivity contribution in [3.05, 3.63) is 12.2 Å². The lowest BCUT2D eigenvalue weighted by atomic mass is 10.1. The Balaban J connectivity index is 2.91. The molecule has 1 nitrogen and oxygen atoms in total. The largest absolute Gasteiger partial charge is 0.313 e. The highest BCUT2D eigenvalue weighted by molar-refractivity contribution is 4.90. The number of rotatable bonds is 13. The molecule has 0 amide bonds. The van der Waals surface area contributed by atoms with E-state index in [1.54, 1.807) is 0 Å². The Labute approximate surface area is 109 Å². The minimum absolute atomic E-state index is 0.984. The highest BCUT2D eigenvalue weighted by Gasteiger charge is 1.92. The molecule has 0 aliphatic heterocycles. The normalized spacial score (nSPS) is 10.7. The first-order valence-corrected chi connectivity index (χ1v) is 7.62. The molecule has 1 N–H and O–H groups in total. The summed E-state index contributed by atoms with van der Waals surface area (Å²) in [6.45, 7) is 10.4. The standard InChI is InChI=1S/C16H33N/c1-4-5-6-7-8-9-10-11-12-13-14-17-15-16(2)3/h17H,2,4-15H2,1,3H3. The van der Waals surface area contributed by atoms with Crippen molar-refractivity contribution >= 4 is 0 Å². The van der Waals surface area contributed by atoms with Gasteiger partial charge in [0, 0.05) is 6.54 Å². The minimum atomic E-state index is 0.984. The van der Waals surface area contributed by atoms with Crippen LogP contribution in [0.3, 0.4) is 0 Å². The fraction of sp³-hybridized carbons (Fsp3) is 0.875. The average Bonchev–Trinajstić information content (AvgIpc) is 2.30. The molecule has 1 heteroatoms. The van der Waals surface area contributed by atoms with E-state index in [1.165, 1.54) is 69.8 Å². The zero-order chi connectivity index (χ0) is 12.8. The van der Waals surface area contributed by atoms with Crippen LogP contribution in [0, 0.1) is 0 Å². The summed E-state index contributed by atoms with van der Waals surface area (Å²) >= 11 is 0. The maximum atomic E-state index is 3.88. The van der Waals surface area contributed by atoms with Crippen LogP contribution in [-0.4, -0.2) is 13.1 Å². The summed E-state index contributed by atoms with van der Waals surface area (Å²) in [6, 6.07) is 0. The SMILES string of the molecule is C=C(C)CNCCCCCCCCCCCC. The summed E-state index contributed by atoms with van der Waals surface area (Å²) in [7, 11) is 0. The average molecular weight is 239 g/mol. The Morgan fingerprint density at radius 2 is 1.29 bits per heavy atom. The van der Waals surface area contributed by atoms with E-state index in [4.69, 9.17) is 0 Å². The topological polar surface area (TPSA) is 12.0 Å². The molecule has 0 fully saturated rings. The monoisotopic (exact) mass is 239 g/mol. The van der Waals surface area contributed by atoms with E-state index < -0.39 is 0 Å². The summed E-state index contributed by atoms with van der Waals surface area (Å²) in [5.41, 5.74) is 1.23. The minimum Gasteiger partial charge on any atom is -0.313 e. The van der Waals surface area contributed by atoms with Crippen LogP contribution < -0.4 is 5.32 Å². The Morgan fingerprint density at radius 3 is 1.76 bits per heavy atom. The molecule has 0 saturated carbocycles. The first-order valence-electron chi connectivity index (χ1n) is 7.62. The predicted molar refractivity (Wildman–Crippen MR) is 79.5 cm³/mol. The quantitative estimate of drug-likeness (QED) is 0.349. The molecular weight excluding hydrogens is 206 g/mol. The second-order valence-corrected chi connectivity index (χ2v) is 5.32. The van der Waals surface area contributed by atoms with Crippen LogP contribution in [0.15, 0.2) is 12.2 Å². The molecule has 0 aliphatic carbocycles. The van der Waals surface area contributed by atoms with Crippen molar-refractivity contribution in [2.75, 3.05) is 13.1 Å². The molecular formula is C16H33N. The molecule has 0 aliphatic rings. The lowest BCUT2D eigenvalue weighted by Crippen LogP contribution is -2.16. The second-order valence-electron chi connectivity index (χ2n) is 5.32. The summed E-state index contributed by atoms with van der Waals surface area (Å²) in [6.07, 6.45) is 14.1. The lowest BCUT2D eigenvalue weighted by Gasteiger charge is -2.04. The maximum Gasteiger partial charge on any atom is 0.0159 e. The zero-order valence-electron chi connectivity index (χ0n) is 12.2. The Kier molecular flexibility index (Phi) is 13.5. The van der Waals surface area contributed by atoms with Gasteiger partial charge in [-0.3, -0.25) is 0 Å². The highest BCUT2D eigenvalue weighted by Crippen LogP contribution is 2.10. The van der Waals surface area contributed by atoms with Gasteiger partial charge in [0.25, 0.3) is 0 Å². The third-order valence-corrected chi connectivity index (χ3v) is 3.13. The van der Waals surface area contributed by atoms with Crippen LogP contribution in [-0.2, 0) is 0 Å². The molecule has 0 heterocycles. The van der Waals surface area contributed by atoms with E-state index >= 15 is 0 Å². The Bertz CT molecular complexity index is 163. The summed E-state index contributed by atoms with van der Waals surface area (Å²) in [5, 5.41) is 3.41. The molecule has 0 radical (unpaired) electrons. The van der Waals surface area contributed by atoms with Gasteiger partial charge in [-0.25, -0.2) is 0 Å². The fourth-order valence-electron chi connectivity index (χ4n) is 2.04. The third-order valence-electron chi connectivity index (χ3n) is 3.13. The van der Waals surface area contributed by atoms with Gasteiger partial charge >= 0.3 is 0 Å². The van der Waals surface area contributed by atoms with Crippen LogP contribution in [0.2, 0.25) is 0 Å². The lowest BCUT2D eigenvalue weighted by molar-refractivity contribution is 0.548. The van der Waals surface area contributed by atoms with Gasteiger partial charge in [0.15, 0.2) is 0 Å². The molecule has 0 rings (SSSR count). The third kappa shape index (κ3) is 15.7. The molecule has 0 atom stereocenters. The predicted octanol–water partition coefficient (Wildman–Crippen LogP) is 5.07. The first-order chi connectivity index (χ1) is 8.27. The summed E-state index contributed by atoms with van der Waals surface area (Å²) in [4.78, 5) is 0. The van der Waals surface area contributed by atoms with Gasteiger partial charge in [-0.1, -0.05) is 76.9 Å². The van der Waals surface area contributed by atoms with Gasteiger partial charge in [0.2, 0.25) is 0 Å². The van der Waals surface area contributed by atoms with E-state index in [1.807, 2.05) is 0 Å². The van der Waals surface area contributed by atoms with Gasteiger partial charge in [0.1, 0.15) is 0 Å². The zero-order valence-corrected chi connectivity index (χ0v) is 12.2. The van der Waals surface area contributed by atoms with Crippen LogP contribution in [0.5, 0.6) is 0 Å². The van der Waals surface area contributed by atoms with Crippen LogP contribution in [0.4, 0.5) is 0 Å². The van der Waals surface area contributed by atoms with Gasteiger partial charge in [0.05, 0.1) is 0 Å². The van der Waals surface area contributed by atoms with Gasteiger partial charge in [-0.15, -0.1) is 0 Å². The molecule has 0 saturated heterocycles. The van der Waals surface area contributed by atoms with Crippen molar-refractivity contribution in [1.82, 2.24) is 5.32 Å². The van der Waals surface area contributed by atoms with E-state index in [-0.39, 0.29) is 0 Å². The Morgan fingerprint density at radius 1 is 0.824 bits per heavy atom. The van der Waals surface area contributed by atoms with Gasteiger partial charge in [-0.05, 0) is 19.9 Å². The van der Waals surface area contributed by atoms with Crippen molar-refractivity contribution in [2.24, 2.45) is 0 Å². The van der Waals surface area contributed by atoms with E-state index in [9.17, 15) is 0 Å². The molecule has 0 aromatic rings. The van der Waals surface area contributed by atoms with Crippen molar-refractivity contribution in [3.8, 4) is 0 Å². The molecule has 0 unspecified atom stereocenters. The van der Waals surface area contributed by atoms with Crippen molar-refractivity contribution in [3.63, 3.8) is 0 Å². The van der Waals surface area contributed by atoms with E-state index in [0.29, 0.717) is 0 Å². The summed E-state index contributed by atoms with van der Waals surface area (Å²) in [5.74, 6) is 0. The number of hydrogen-bond acceptors (Lipinski definition) is 1. The van der Waals surface area contributed by atoms with Gasteiger partial charge < -0.3 is 5.32 Å². The van der Waals surface area contributed by atoms with Crippen molar-refractivity contribution in [2.45, 2.75) is 78.1 Å². The molecule has 0 aromatic heterocycles. The molecule has 102 valence electrons. The van der Waals surface area contributed by atoms with Crippen LogP contribution >= 0.6 is 0 Å². The fourth-order valence-corrected chi connectivity index (χ4v) is 2.04. The van der Waals surface area contributed by atoms with E-state index in [0.717, 1.165) is 13.1 Å². The number of nitrogens with one attached hydrogen (secondary N) is 1. The maximum absolute atomic E-state index is 3.88. The first kappa shape index (κ1) is 16.7. The van der Waals surface area contributed by atoms with Crippen molar-refractivity contribution in [1.29, 1.82) is 0 Å². The van der Waals surface area contributed by atoms with Crippen molar-refractivity contribution < 1.29 is 0 Å². The molecule has 17 heavy (non-hydrogen) atoms. The number of unbranched alkanes of at least 4 members (excludes halogenated alkanes) is 9. The highest BCUT2D eigenvalue weighted by atomic mass is 14.8. The van der Waals surface area contributed by atoms with E-state index in [2.05, 4.69) is 25.7 Å². The summed E-state index contributed by atoms with van der Waals surface area (Å²) < 4.78 is 0. The molecule has 0 spiro atoms. The smallest absolute Gasteiger partial charge is 0.0159 e. The van der Waals surface area contributed by atoms with Crippen LogP contribution in [0.1, 0.15) is 78.1 Å². The number of hydrogen-bond donors (Lipinski definition) is 1. The Hall–Kier alpha value is -0.300. The molecule has 0 aromatic carbocycles. The van der Waals surface area contributed by atoms with Gasteiger partial charge in [-0.2, -0.15) is 0 Å². The van der Waals surface area contributed by atoms with Crippen LogP contribution in [0.25, 0.3) is 0 Å². The molecule has 0 bridgehead atoms.